The molecule has 0 aliphatic carbocycles. The number of benzene rings is 1. The number of aliphatic hydroxyl groups is 1. The van der Waals surface area contributed by atoms with Crippen LogP contribution in [0.2, 0.25) is 0 Å². The lowest BCUT2D eigenvalue weighted by Crippen LogP contribution is -2.40. The molecule has 0 spiro atoms. The number of aliphatic hydroxyl groups excluding tert-OH is 1. The maximum atomic E-state index is 12.4. The largest absolute Gasteiger partial charge is 0.480 e. The molecule has 7 heteroatoms. The van der Waals surface area contributed by atoms with Crippen LogP contribution in [-0.4, -0.2) is 45.7 Å². The van der Waals surface area contributed by atoms with Crippen molar-refractivity contribution in [2.24, 2.45) is 0 Å². The minimum atomic E-state index is -1.09. The fourth-order valence-electron chi connectivity index (χ4n) is 2.09. The second-order valence-electron chi connectivity index (χ2n) is 4.33. The molecule has 2 N–H and O–H groups in total. The Morgan fingerprint density at radius 1 is 1.42 bits per heavy atom. The molecule has 102 valence electrons. The molecule has 1 saturated heterocycles. The lowest BCUT2D eigenvalue weighted by atomic mass is 10.1. The maximum absolute atomic E-state index is 12.4. The van der Waals surface area contributed by atoms with Crippen LogP contribution in [0.1, 0.15) is 16.8 Å². The van der Waals surface area contributed by atoms with Crippen molar-refractivity contribution in [3.05, 3.63) is 31.8 Å². The summed E-state index contributed by atoms with van der Waals surface area (Å²) >= 11 is 5.32. The average molecular weight is 440 g/mol. The van der Waals surface area contributed by atoms with E-state index in [9.17, 15) is 14.7 Å². The van der Waals surface area contributed by atoms with Gasteiger partial charge in [0, 0.05) is 21.0 Å². The van der Waals surface area contributed by atoms with Gasteiger partial charge in [-0.2, -0.15) is 0 Å². The van der Waals surface area contributed by atoms with Crippen LogP contribution in [0.4, 0.5) is 0 Å². The van der Waals surface area contributed by atoms with Crippen molar-refractivity contribution < 1.29 is 19.8 Å². The number of carboxylic acids is 1. The van der Waals surface area contributed by atoms with Crippen LogP contribution in [-0.2, 0) is 4.79 Å². The molecule has 1 aliphatic heterocycles. The number of likely N-dealkylation sites (tertiary alicyclic amines) is 1. The van der Waals surface area contributed by atoms with E-state index in [0.717, 1.165) is 8.04 Å². The third-order valence-electron chi connectivity index (χ3n) is 2.98. The monoisotopic (exact) mass is 439 g/mol. The lowest BCUT2D eigenvalue weighted by molar-refractivity contribution is -0.141. The van der Waals surface area contributed by atoms with Gasteiger partial charge < -0.3 is 15.1 Å². The highest BCUT2D eigenvalue weighted by Crippen LogP contribution is 2.25. The summed E-state index contributed by atoms with van der Waals surface area (Å²) in [4.78, 5) is 24.8. The second kappa shape index (κ2) is 5.76. The Hall–Kier alpha value is -0.670. The highest BCUT2D eigenvalue weighted by atomic mass is 127. The van der Waals surface area contributed by atoms with Crippen molar-refractivity contribution in [3.8, 4) is 0 Å². The van der Waals surface area contributed by atoms with Gasteiger partial charge in [-0.1, -0.05) is 15.9 Å². The molecule has 0 bridgehead atoms. The number of rotatable bonds is 2. The molecule has 1 aromatic rings. The summed E-state index contributed by atoms with van der Waals surface area (Å²) in [6.45, 7) is 0.0540. The zero-order chi connectivity index (χ0) is 14.2. The summed E-state index contributed by atoms with van der Waals surface area (Å²) in [5.74, 6) is -1.45. The summed E-state index contributed by atoms with van der Waals surface area (Å²) < 4.78 is 1.50. The van der Waals surface area contributed by atoms with Gasteiger partial charge in [-0.15, -0.1) is 0 Å². The Morgan fingerprint density at radius 3 is 2.74 bits per heavy atom. The van der Waals surface area contributed by atoms with E-state index in [1.165, 1.54) is 4.90 Å². The quantitative estimate of drug-likeness (QED) is 0.688. The first-order valence-electron chi connectivity index (χ1n) is 5.57. The van der Waals surface area contributed by atoms with E-state index < -0.39 is 18.1 Å². The Morgan fingerprint density at radius 2 is 2.11 bits per heavy atom. The summed E-state index contributed by atoms with van der Waals surface area (Å²) in [5.41, 5.74) is 0.440. The van der Waals surface area contributed by atoms with E-state index in [2.05, 4.69) is 15.9 Å². The zero-order valence-corrected chi connectivity index (χ0v) is 13.5. The zero-order valence-electron chi connectivity index (χ0n) is 9.72. The van der Waals surface area contributed by atoms with Crippen LogP contribution in [0.3, 0.4) is 0 Å². The SMILES string of the molecule is O=C(O)[C@H]1C[C@@H](O)CN1C(=O)c1cc(Br)ccc1I. The van der Waals surface area contributed by atoms with E-state index in [4.69, 9.17) is 5.11 Å². The van der Waals surface area contributed by atoms with Gasteiger partial charge in [0.05, 0.1) is 11.7 Å². The molecule has 1 amide bonds. The number of carbonyl (C=O) groups is 2. The lowest BCUT2D eigenvalue weighted by Gasteiger charge is -2.21. The van der Waals surface area contributed by atoms with E-state index in [1.807, 2.05) is 28.7 Å². The van der Waals surface area contributed by atoms with Gasteiger partial charge in [-0.05, 0) is 40.8 Å². The molecule has 0 radical (unpaired) electrons. The molecule has 1 fully saturated rings. The van der Waals surface area contributed by atoms with Crippen molar-refractivity contribution in [1.29, 1.82) is 0 Å². The van der Waals surface area contributed by atoms with Gasteiger partial charge >= 0.3 is 5.97 Å². The minimum Gasteiger partial charge on any atom is -0.480 e. The van der Waals surface area contributed by atoms with E-state index in [1.54, 1.807) is 12.1 Å². The highest BCUT2D eigenvalue weighted by molar-refractivity contribution is 14.1. The molecule has 2 atom stereocenters. The fourth-order valence-corrected chi connectivity index (χ4v) is 3.02. The molecule has 19 heavy (non-hydrogen) atoms. The molecular weight excluding hydrogens is 429 g/mol. The Balaban J connectivity index is 2.33. The fraction of sp³-hybridized carbons (Fsp3) is 0.333. The molecular formula is C12H11BrINO4. The first-order chi connectivity index (χ1) is 8.90. The Kier molecular flexibility index (Phi) is 4.46. The number of β-amino-alcohol motifs (C(OH)–C–C–N with tert-alkyl or cyclic N) is 1. The number of amides is 1. The predicted molar refractivity (Wildman–Crippen MR) is 79.9 cm³/mol. The number of halogens is 2. The number of hydrogen-bond acceptors (Lipinski definition) is 3. The minimum absolute atomic E-state index is 0.0540. The topological polar surface area (TPSA) is 77.8 Å². The van der Waals surface area contributed by atoms with Crippen molar-refractivity contribution >= 4 is 50.4 Å². The Labute approximate surface area is 131 Å². The van der Waals surface area contributed by atoms with Crippen LogP contribution < -0.4 is 0 Å². The maximum Gasteiger partial charge on any atom is 0.326 e. The van der Waals surface area contributed by atoms with Crippen LogP contribution in [0.5, 0.6) is 0 Å². The summed E-state index contributed by atoms with van der Waals surface area (Å²) in [6, 6.07) is 4.29. The number of hydrogen-bond donors (Lipinski definition) is 2. The summed E-state index contributed by atoms with van der Waals surface area (Å²) in [5, 5.41) is 18.7. The number of carboxylic acid groups (broad SMARTS) is 1. The molecule has 0 unspecified atom stereocenters. The summed E-state index contributed by atoms with van der Waals surface area (Å²) in [6.07, 6.45) is -0.707. The molecule has 0 aromatic heterocycles. The molecule has 0 saturated carbocycles. The normalized spacial score (nSPS) is 22.6. The summed E-state index contributed by atoms with van der Waals surface area (Å²) in [7, 11) is 0. The van der Waals surface area contributed by atoms with E-state index >= 15 is 0 Å². The van der Waals surface area contributed by atoms with Gasteiger partial charge in [0.2, 0.25) is 0 Å². The van der Waals surface area contributed by atoms with Gasteiger partial charge in [0.25, 0.3) is 5.91 Å². The molecule has 5 nitrogen and oxygen atoms in total. The van der Waals surface area contributed by atoms with Crippen LogP contribution >= 0.6 is 38.5 Å². The molecule has 2 rings (SSSR count). The highest BCUT2D eigenvalue weighted by Gasteiger charge is 2.39. The molecule has 1 heterocycles. The van der Waals surface area contributed by atoms with Crippen molar-refractivity contribution in [1.82, 2.24) is 4.90 Å². The van der Waals surface area contributed by atoms with Gasteiger partial charge in [0.15, 0.2) is 0 Å². The number of aliphatic carboxylic acids is 1. The van der Waals surface area contributed by atoms with Crippen molar-refractivity contribution in [2.75, 3.05) is 6.54 Å². The standard InChI is InChI=1S/C12H11BrINO4/c13-6-1-2-9(14)8(3-6)11(17)15-5-7(16)4-10(15)12(18)19/h1-3,7,10,16H,4-5H2,(H,18,19)/t7-,10-/m1/s1. The number of nitrogens with zero attached hydrogens (tertiary/aromatic N) is 1. The first kappa shape index (κ1) is 14.7. The van der Waals surface area contributed by atoms with Crippen LogP contribution in [0, 0.1) is 3.57 Å². The van der Waals surface area contributed by atoms with E-state index in [0.29, 0.717) is 5.56 Å². The molecule has 1 aliphatic rings. The third kappa shape index (κ3) is 3.09. The van der Waals surface area contributed by atoms with Gasteiger partial charge in [-0.3, -0.25) is 4.79 Å². The average Bonchev–Trinajstić information content (AvgIpc) is 2.74. The smallest absolute Gasteiger partial charge is 0.326 e. The van der Waals surface area contributed by atoms with Crippen molar-refractivity contribution in [3.63, 3.8) is 0 Å². The van der Waals surface area contributed by atoms with Crippen molar-refractivity contribution in [2.45, 2.75) is 18.6 Å². The van der Waals surface area contributed by atoms with Crippen LogP contribution in [0.15, 0.2) is 22.7 Å². The van der Waals surface area contributed by atoms with Gasteiger partial charge in [0.1, 0.15) is 6.04 Å². The Bertz CT molecular complexity index is 536. The first-order valence-corrected chi connectivity index (χ1v) is 7.44. The van der Waals surface area contributed by atoms with Gasteiger partial charge in [-0.25, -0.2) is 4.79 Å². The van der Waals surface area contributed by atoms with Crippen LogP contribution in [0.25, 0.3) is 0 Å². The van der Waals surface area contributed by atoms with E-state index in [-0.39, 0.29) is 18.9 Å². The third-order valence-corrected chi connectivity index (χ3v) is 4.42. The predicted octanol–water partition coefficient (Wildman–Crippen LogP) is 1.71. The number of carbonyl (C=O) groups excluding carboxylic acids is 1. The molecule has 1 aromatic carbocycles. The second-order valence-corrected chi connectivity index (χ2v) is 6.40.